The van der Waals surface area contributed by atoms with E-state index in [1.54, 1.807) is 4.90 Å². The number of carbonyl (C=O) groups is 1. The van der Waals surface area contributed by atoms with E-state index in [4.69, 9.17) is 0 Å². The third-order valence-electron chi connectivity index (χ3n) is 4.84. The summed E-state index contributed by atoms with van der Waals surface area (Å²) in [6.07, 6.45) is 1.91. The molecule has 1 aromatic rings. The lowest BCUT2D eigenvalue weighted by molar-refractivity contribution is -0.131. The highest BCUT2D eigenvalue weighted by Gasteiger charge is 2.33. The van der Waals surface area contributed by atoms with Crippen molar-refractivity contribution in [1.82, 2.24) is 4.90 Å². The average molecular weight is 337 g/mol. The maximum Gasteiger partial charge on any atom is 0.240 e. The number of sulfone groups is 1. The maximum atomic E-state index is 12.7. The molecule has 0 aliphatic carbocycles. The van der Waals surface area contributed by atoms with E-state index in [-0.39, 0.29) is 11.7 Å². The monoisotopic (exact) mass is 337 g/mol. The van der Waals surface area contributed by atoms with Crippen LogP contribution in [0.25, 0.3) is 0 Å². The summed E-state index contributed by atoms with van der Waals surface area (Å²) in [6.45, 7) is 8.89. The quantitative estimate of drug-likeness (QED) is 0.849. The zero-order chi connectivity index (χ0) is 17.2. The topological polar surface area (TPSA) is 54.5 Å². The van der Waals surface area contributed by atoms with Crippen LogP contribution in [0, 0.1) is 19.8 Å². The van der Waals surface area contributed by atoms with Crippen molar-refractivity contribution in [3.8, 4) is 0 Å². The van der Waals surface area contributed by atoms with E-state index in [1.165, 1.54) is 6.92 Å². The molecule has 1 unspecified atom stereocenters. The molecule has 0 aromatic heterocycles. The SMILES string of the molecule is Cc1ccc(C)c(CS(=O)(=O)C(C)C(=O)N2CCC(C)CC2)c1. The van der Waals surface area contributed by atoms with Gasteiger partial charge in [0.25, 0.3) is 0 Å². The Morgan fingerprint density at radius 3 is 2.48 bits per heavy atom. The first kappa shape index (κ1) is 18.0. The van der Waals surface area contributed by atoms with Crippen molar-refractivity contribution in [3.63, 3.8) is 0 Å². The van der Waals surface area contributed by atoms with Crippen LogP contribution in [0.5, 0.6) is 0 Å². The van der Waals surface area contributed by atoms with E-state index in [1.807, 2.05) is 32.0 Å². The molecule has 0 saturated carbocycles. The average Bonchev–Trinajstić information content (AvgIpc) is 2.50. The van der Waals surface area contributed by atoms with E-state index >= 15 is 0 Å². The van der Waals surface area contributed by atoms with Crippen LogP contribution in [0.2, 0.25) is 0 Å². The first-order valence-electron chi connectivity index (χ1n) is 8.27. The van der Waals surface area contributed by atoms with E-state index in [9.17, 15) is 13.2 Å². The molecule has 1 aliphatic heterocycles. The highest BCUT2D eigenvalue weighted by molar-refractivity contribution is 7.92. The van der Waals surface area contributed by atoms with Crippen LogP contribution in [0.15, 0.2) is 18.2 Å². The van der Waals surface area contributed by atoms with Crippen molar-refractivity contribution in [2.24, 2.45) is 5.92 Å². The number of aryl methyl sites for hydroxylation is 2. The van der Waals surface area contributed by atoms with Crippen LogP contribution in [-0.2, 0) is 20.4 Å². The molecule has 1 atom stereocenters. The van der Waals surface area contributed by atoms with Gasteiger partial charge in [0.2, 0.25) is 5.91 Å². The number of likely N-dealkylation sites (tertiary alicyclic amines) is 1. The van der Waals surface area contributed by atoms with Gasteiger partial charge >= 0.3 is 0 Å². The Morgan fingerprint density at radius 1 is 1.26 bits per heavy atom. The van der Waals surface area contributed by atoms with Crippen molar-refractivity contribution in [1.29, 1.82) is 0 Å². The van der Waals surface area contributed by atoms with Crippen LogP contribution in [0.3, 0.4) is 0 Å². The van der Waals surface area contributed by atoms with Gasteiger partial charge in [-0.15, -0.1) is 0 Å². The fourth-order valence-corrected chi connectivity index (χ4v) is 4.39. The largest absolute Gasteiger partial charge is 0.342 e. The molecule has 1 aromatic carbocycles. The molecule has 0 radical (unpaired) electrons. The highest BCUT2D eigenvalue weighted by atomic mass is 32.2. The molecular weight excluding hydrogens is 310 g/mol. The van der Waals surface area contributed by atoms with Gasteiger partial charge in [0.05, 0.1) is 5.75 Å². The van der Waals surface area contributed by atoms with Gasteiger partial charge in [-0.05, 0) is 50.7 Å². The molecule has 23 heavy (non-hydrogen) atoms. The third-order valence-corrected chi connectivity index (χ3v) is 6.84. The van der Waals surface area contributed by atoms with Crippen molar-refractivity contribution >= 4 is 15.7 Å². The van der Waals surface area contributed by atoms with Crippen LogP contribution in [-0.4, -0.2) is 37.6 Å². The summed E-state index contributed by atoms with van der Waals surface area (Å²) in [5, 5.41) is -0.976. The summed E-state index contributed by atoms with van der Waals surface area (Å²) in [5.74, 6) is 0.292. The lowest BCUT2D eigenvalue weighted by atomic mass is 9.99. The molecule has 128 valence electrons. The first-order valence-corrected chi connectivity index (χ1v) is 9.98. The summed E-state index contributed by atoms with van der Waals surface area (Å²) in [6, 6.07) is 5.79. The van der Waals surface area contributed by atoms with Gasteiger partial charge in [-0.3, -0.25) is 4.79 Å². The Hall–Kier alpha value is -1.36. The predicted octanol–water partition coefficient (Wildman–Crippen LogP) is 2.87. The summed E-state index contributed by atoms with van der Waals surface area (Å²) in [4.78, 5) is 14.3. The molecular formula is C18H27NO3S. The number of piperidine rings is 1. The van der Waals surface area contributed by atoms with Gasteiger partial charge in [-0.2, -0.15) is 0 Å². The second-order valence-electron chi connectivity index (χ2n) is 6.89. The normalized spacial score (nSPS) is 18.0. The molecule has 0 bridgehead atoms. The van der Waals surface area contributed by atoms with Crippen molar-refractivity contribution in [2.75, 3.05) is 13.1 Å². The molecule has 1 saturated heterocycles. The van der Waals surface area contributed by atoms with Gasteiger partial charge in [-0.25, -0.2) is 8.42 Å². The van der Waals surface area contributed by atoms with Crippen LogP contribution in [0.1, 0.15) is 43.4 Å². The summed E-state index contributed by atoms with van der Waals surface area (Å²) >= 11 is 0. The smallest absolute Gasteiger partial charge is 0.240 e. The van der Waals surface area contributed by atoms with Crippen LogP contribution >= 0.6 is 0 Å². The van der Waals surface area contributed by atoms with E-state index < -0.39 is 15.1 Å². The Kier molecular flexibility index (Phi) is 5.50. The number of benzene rings is 1. The van der Waals surface area contributed by atoms with E-state index in [0.717, 1.165) is 29.5 Å². The van der Waals surface area contributed by atoms with Crippen molar-refractivity contribution < 1.29 is 13.2 Å². The second kappa shape index (κ2) is 7.04. The molecule has 5 heteroatoms. The van der Waals surface area contributed by atoms with E-state index in [0.29, 0.717) is 19.0 Å². The zero-order valence-electron chi connectivity index (χ0n) is 14.5. The summed E-state index contributed by atoms with van der Waals surface area (Å²) in [5.41, 5.74) is 2.77. The highest BCUT2D eigenvalue weighted by Crippen LogP contribution is 2.21. The van der Waals surface area contributed by atoms with Gasteiger partial charge in [0.1, 0.15) is 5.25 Å². The minimum absolute atomic E-state index is 0.0718. The minimum Gasteiger partial charge on any atom is -0.342 e. The molecule has 1 heterocycles. The molecule has 1 amide bonds. The van der Waals surface area contributed by atoms with Gasteiger partial charge in [-0.1, -0.05) is 30.7 Å². The molecule has 1 aliphatic rings. The van der Waals surface area contributed by atoms with Crippen LogP contribution in [0.4, 0.5) is 0 Å². The Morgan fingerprint density at radius 2 is 1.87 bits per heavy atom. The number of amides is 1. The minimum atomic E-state index is -3.51. The molecule has 1 fully saturated rings. The van der Waals surface area contributed by atoms with Crippen molar-refractivity contribution in [3.05, 3.63) is 34.9 Å². The number of hydrogen-bond donors (Lipinski definition) is 0. The molecule has 0 spiro atoms. The Labute approximate surface area is 139 Å². The predicted molar refractivity (Wildman–Crippen MR) is 93.0 cm³/mol. The number of nitrogens with zero attached hydrogens (tertiary/aromatic N) is 1. The van der Waals surface area contributed by atoms with Gasteiger partial charge in [0.15, 0.2) is 9.84 Å². The molecule has 0 N–H and O–H groups in total. The molecule has 2 rings (SSSR count). The van der Waals surface area contributed by atoms with Gasteiger partial charge < -0.3 is 4.90 Å². The fourth-order valence-electron chi connectivity index (χ4n) is 2.94. The Balaban J connectivity index is 2.12. The lowest BCUT2D eigenvalue weighted by Crippen LogP contribution is -2.45. The van der Waals surface area contributed by atoms with Gasteiger partial charge in [0, 0.05) is 13.1 Å². The fraction of sp³-hybridized carbons (Fsp3) is 0.611. The number of rotatable bonds is 4. The summed E-state index contributed by atoms with van der Waals surface area (Å²) < 4.78 is 25.3. The van der Waals surface area contributed by atoms with Crippen molar-refractivity contribution in [2.45, 2.75) is 51.5 Å². The van der Waals surface area contributed by atoms with E-state index in [2.05, 4.69) is 6.92 Å². The summed E-state index contributed by atoms with van der Waals surface area (Å²) in [7, 11) is -3.51. The molecule has 4 nitrogen and oxygen atoms in total. The Bertz CT molecular complexity index is 674. The van der Waals surface area contributed by atoms with Crippen LogP contribution < -0.4 is 0 Å². The maximum absolute atomic E-state index is 12.7. The first-order chi connectivity index (χ1) is 10.7. The number of carbonyl (C=O) groups excluding carboxylic acids is 1. The standard InChI is InChI=1S/C18H27NO3S/c1-13-7-9-19(10-8-13)18(20)16(4)23(21,22)12-17-11-14(2)5-6-15(17)3/h5-6,11,13,16H,7-10,12H2,1-4H3. The lowest BCUT2D eigenvalue weighted by Gasteiger charge is -2.32. The number of hydrogen-bond acceptors (Lipinski definition) is 3. The third kappa shape index (κ3) is 4.34. The zero-order valence-corrected chi connectivity index (χ0v) is 15.3. The second-order valence-corrected chi connectivity index (χ2v) is 9.21.